The van der Waals surface area contributed by atoms with E-state index >= 15 is 0 Å². The Hall–Kier alpha value is -2.30. The second kappa shape index (κ2) is 4.91. The first-order valence-electron chi connectivity index (χ1n) is 5.27. The summed E-state index contributed by atoms with van der Waals surface area (Å²) in [6.07, 6.45) is 0. The molecule has 0 aliphatic carbocycles. The summed E-state index contributed by atoms with van der Waals surface area (Å²) in [5, 5.41) is 8.93. The number of aromatic carboxylic acids is 1. The van der Waals surface area contributed by atoms with Gasteiger partial charge in [-0.25, -0.2) is 9.18 Å². The summed E-state index contributed by atoms with van der Waals surface area (Å²) in [4.78, 5) is 10.9. The maximum atomic E-state index is 13.0. The van der Waals surface area contributed by atoms with E-state index in [1.165, 1.54) is 6.07 Å². The first-order chi connectivity index (χ1) is 8.56. The number of rotatable bonds is 4. The van der Waals surface area contributed by atoms with Gasteiger partial charge in [-0.15, -0.1) is 0 Å². The number of carboxylic acids is 1. The Labute approximate surface area is 103 Å². The molecule has 1 aromatic heterocycles. The van der Waals surface area contributed by atoms with E-state index < -0.39 is 11.8 Å². The highest BCUT2D eigenvalue weighted by atomic mass is 19.1. The number of ether oxygens (including phenoxy) is 1. The molecular formula is C13H11FO4. The molecule has 0 radical (unpaired) electrons. The summed E-state index contributed by atoms with van der Waals surface area (Å²) in [5.74, 6) is -0.456. The van der Waals surface area contributed by atoms with Gasteiger partial charge in [0.1, 0.15) is 35.3 Å². The van der Waals surface area contributed by atoms with Crippen molar-refractivity contribution in [2.45, 2.75) is 13.5 Å². The second-order valence-corrected chi connectivity index (χ2v) is 3.75. The van der Waals surface area contributed by atoms with E-state index in [1.807, 2.05) is 0 Å². The Balaban J connectivity index is 2.17. The topological polar surface area (TPSA) is 59.7 Å². The zero-order valence-electron chi connectivity index (χ0n) is 9.64. The molecule has 0 saturated heterocycles. The van der Waals surface area contributed by atoms with E-state index in [2.05, 4.69) is 0 Å². The number of hydrogen-bond donors (Lipinski definition) is 1. The van der Waals surface area contributed by atoms with Crippen LogP contribution in [0.15, 0.2) is 34.7 Å². The van der Waals surface area contributed by atoms with Crippen LogP contribution in [0.3, 0.4) is 0 Å². The van der Waals surface area contributed by atoms with Crippen LogP contribution in [-0.4, -0.2) is 11.1 Å². The van der Waals surface area contributed by atoms with E-state index in [-0.39, 0.29) is 17.9 Å². The van der Waals surface area contributed by atoms with Crippen molar-refractivity contribution in [3.05, 3.63) is 53.2 Å². The molecular weight excluding hydrogens is 239 g/mol. The molecule has 0 saturated carbocycles. The number of hydrogen-bond acceptors (Lipinski definition) is 3. The molecule has 0 amide bonds. The molecule has 0 spiro atoms. The Bertz CT molecular complexity index is 574. The van der Waals surface area contributed by atoms with Gasteiger partial charge in [-0.1, -0.05) is 0 Å². The fraction of sp³-hybridized carbons (Fsp3) is 0.154. The zero-order valence-corrected chi connectivity index (χ0v) is 9.64. The number of carbonyl (C=O) groups is 1. The number of aryl methyl sites for hydroxylation is 1. The van der Waals surface area contributed by atoms with Crippen LogP contribution >= 0.6 is 0 Å². The van der Waals surface area contributed by atoms with Gasteiger partial charge < -0.3 is 14.3 Å². The van der Waals surface area contributed by atoms with Crippen LogP contribution in [0.5, 0.6) is 5.75 Å². The molecule has 1 heterocycles. The van der Waals surface area contributed by atoms with Crippen LogP contribution in [0.4, 0.5) is 4.39 Å². The van der Waals surface area contributed by atoms with E-state index in [0.717, 1.165) is 17.9 Å². The van der Waals surface area contributed by atoms with Crippen molar-refractivity contribution in [1.82, 2.24) is 0 Å². The minimum Gasteiger partial charge on any atom is -0.485 e. The second-order valence-electron chi connectivity index (χ2n) is 3.75. The van der Waals surface area contributed by atoms with Crippen molar-refractivity contribution < 1.29 is 23.4 Å². The fourth-order valence-corrected chi connectivity index (χ4v) is 1.50. The minimum atomic E-state index is -1.17. The molecule has 4 nitrogen and oxygen atoms in total. The van der Waals surface area contributed by atoms with Gasteiger partial charge >= 0.3 is 5.97 Å². The van der Waals surface area contributed by atoms with Crippen molar-refractivity contribution in [1.29, 1.82) is 0 Å². The van der Waals surface area contributed by atoms with E-state index in [9.17, 15) is 9.18 Å². The fourth-order valence-electron chi connectivity index (χ4n) is 1.50. The van der Waals surface area contributed by atoms with Crippen LogP contribution in [0.1, 0.15) is 21.9 Å². The molecule has 1 N–H and O–H groups in total. The standard InChI is InChI=1S/C13H11FO4/c1-8-2-4-10(18-8)7-17-12-6-9(14)3-5-11(12)13(15)16/h2-6H,7H2,1H3,(H,15,16). The van der Waals surface area contributed by atoms with Crippen molar-refractivity contribution in [3.63, 3.8) is 0 Å². The number of halogens is 1. The lowest BCUT2D eigenvalue weighted by molar-refractivity contribution is 0.0691. The lowest BCUT2D eigenvalue weighted by atomic mass is 10.2. The first-order valence-corrected chi connectivity index (χ1v) is 5.27. The van der Waals surface area contributed by atoms with Gasteiger partial charge in [0, 0.05) is 6.07 Å². The Morgan fingerprint density at radius 1 is 1.39 bits per heavy atom. The molecule has 0 atom stereocenters. The molecule has 5 heteroatoms. The summed E-state index contributed by atoms with van der Waals surface area (Å²) < 4.78 is 23.6. The van der Waals surface area contributed by atoms with Gasteiger partial charge in [-0.2, -0.15) is 0 Å². The van der Waals surface area contributed by atoms with Crippen molar-refractivity contribution >= 4 is 5.97 Å². The third-order valence-corrected chi connectivity index (χ3v) is 2.34. The van der Waals surface area contributed by atoms with Crippen molar-refractivity contribution in [2.24, 2.45) is 0 Å². The molecule has 0 bridgehead atoms. The van der Waals surface area contributed by atoms with Gasteiger partial charge in [-0.05, 0) is 31.2 Å². The Morgan fingerprint density at radius 2 is 2.17 bits per heavy atom. The highest BCUT2D eigenvalue weighted by Gasteiger charge is 2.13. The highest BCUT2D eigenvalue weighted by molar-refractivity contribution is 5.90. The zero-order chi connectivity index (χ0) is 13.1. The van der Waals surface area contributed by atoms with Gasteiger partial charge in [-0.3, -0.25) is 0 Å². The van der Waals surface area contributed by atoms with Crippen LogP contribution in [0, 0.1) is 12.7 Å². The predicted octanol–water partition coefficient (Wildman–Crippen LogP) is 3.00. The quantitative estimate of drug-likeness (QED) is 0.906. The maximum absolute atomic E-state index is 13.0. The van der Waals surface area contributed by atoms with Crippen LogP contribution in [-0.2, 0) is 6.61 Å². The molecule has 2 rings (SSSR count). The molecule has 1 aromatic carbocycles. The average Bonchev–Trinajstić information content (AvgIpc) is 2.72. The molecule has 94 valence electrons. The molecule has 0 fully saturated rings. The van der Waals surface area contributed by atoms with E-state index in [0.29, 0.717) is 5.76 Å². The van der Waals surface area contributed by atoms with Gasteiger partial charge in [0.2, 0.25) is 0 Å². The smallest absolute Gasteiger partial charge is 0.339 e. The SMILES string of the molecule is Cc1ccc(COc2cc(F)ccc2C(=O)O)o1. The predicted molar refractivity (Wildman–Crippen MR) is 61.1 cm³/mol. The Kier molecular flexibility index (Phi) is 3.32. The summed E-state index contributed by atoms with van der Waals surface area (Å²) >= 11 is 0. The van der Waals surface area contributed by atoms with E-state index in [1.54, 1.807) is 19.1 Å². The van der Waals surface area contributed by atoms with Crippen molar-refractivity contribution in [3.8, 4) is 5.75 Å². The van der Waals surface area contributed by atoms with Crippen LogP contribution in [0.2, 0.25) is 0 Å². The minimum absolute atomic E-state index is 0.0171. The largest absolute Gasteiger partial charge is 0.485 e. The Morgan fingerprint density at radius 3 is 2.78 bits per heavy atom. The number of carboxylic acid groups (broad SMARTS) is 1. The average molecular weight is 250 g/mol. The number of furan rings is 1. The lowest BCUT2D eigenvalue weighted by Gasteiger charge is -2.07. The summed E-state index contributed by atoms with van der Waals surface area (Å²) in [5.41, 5.74) is -0.0836. The van der Waals surface area contributed by atoms with E-state index in [4.69, 9.17) is 14.3 Å². The monoisotopic (exact) mass is 250 g/mol. The molecule has 2 aromatic rings. The lowest BCUT2D eigenvalue weighted by Crippen LogP contribution is -2.03. The highest BCUT2D eigenvalue weighted by Crippen LogP contribution is 2.21. The summed E-state index contributed by atoms with van der Waals surface area (Å²) in [6, 6.07) is 6.77. The summed E-state index contributed by atoms with van der Waals surface area (Å²) in [7, 11) is 0. The molecule has 18 heavy (non-hydrogen) atoms. The summed E-state index contributed by atoms with van der Waals surface area (Å²) in [6.45, 7) is 1.84. The van der Waals surface area contributed by atoms with Gasteiger partial charge in [0.25, 0.3) is 0 Å². The maximum Gasteiger partial charge on any atom is 0.339 e. The first kappa shape index (κ1) is 12.2. The van der Waals surface area contributed by atoms with Crippen LogP contribution in [0.25, 0.3) is 0 Å². The molecule has 0 aliphatic rings. The molecule has 0 aliphatic heterocycles. The van der Waals surface area contributed by atoms with Crippen molar-refractivity contribution in [2.75, 3.05) is 0 Å². The van der Waals surface area contributed by atoms with Crippen LogP contribution < -0.4 is 4.74 Å². The van der Waals surface area contributed by atoms with Gasteiger partial charge in [0.15, 0.2) is 0 Å². The number of benzene rings is 1. The molecule has 0 unspecified atom stereocenters. The van der Waals surface area contributed by atoms with Gasteiger partial charge in [0.05, 0.1) is 0 Å². The third kappa shape index (κ3) is 2.68. The normalized spacial score (nSPS) is 10.3. The third-order valence-electron chi connectivity index (χ3n) is 2.34.